The predicted molar refractivity (Wildman–Crippen MR) is 85.4 cm³/mol. The van der Waals surface area contributed by atoms with Gasteiger partial charge in [0.25, 0.3) is 0 Å². The Morgan fingerprint density at radius 1 is 1.19 bits per heavy atom. The van der Waals surface area contributed by atoms with E-state index in [-0.39, 0.29) is 6.04 Å². The first-order valence-corrected chi connectivity index (χ1v) is 8.15. The number of hydrogen-bond acceptors (Lipinski definition) is 4. The van der Waals surface area contributed by atoms with Crippen molar-refractivity contribution in [3.05, 3.63) is 23.8 Å². The van der Waals surface area contributed by atoms with Gasteiger partial charge in [-0.3, -0.25) is 11.3 Å². The van der Waals surface area contributed by atoms with Gasteiger partial charge in [-0.2, -0.15) is 0 Å². The van der Waals surface area contributed by atoms with E-state index < -0.39 is 0 Å². The maximum Gasteiger partial charge on any atom is 0.161 e. The molecule has 0 saturated heterocycles. The summed E-state index contributed by atoms with van der Waals surface area (Å²) in [6.45, 7) is 5.89. The molecule has 2 unspecified atom stereocenters. The molecule has 1 aliphatic rings. The molecule has 21 heavy (non-hydrogen) atoms. The summed E-state index contributed by atoms with van der Waals surface area (Å²) in [6.07, 6.45) is 5.69. The molecule has 0 radical (unpaired) electrons. The first kappa shape index (κ1) is 16.1. The topological polar surface area (TPSA) is 56.5 Å². The van der Waals surface area contributed by atoms with Crippen molar-refractivity contribution in [2.45, 2.75) is 52.0 Å². The third kappa shape index (κ3) is 4.11. The maximum absolute atomic E-state index is 5.84. The Kier molecular flexibility index (Phi) is 6.33. The Bertz CT molecular complexity index is 437. The van der Waals surface area contributed by atoms with Crippen LogP contribution in [0.5, 0.6) is 11.5 Å². The third-order valence-electron chi connectivity index (χ3n) is 4.23. The second kappa shape index (κ2) is 8.25. The number of ether oxygens (including phenoxy) is 2. The maximum atomic E-state index is 5.84. The molecule has 0 bridgehead atoms. The first-order chi connectivity index (χ1) is 10.3. The van der Waals surface area contributed by atoms with Gasteiger partial charge >= 0.3 is 0 Å². The van der Waals surface area contributed by atoms with Crippen LogP contribution in [0.1, 0.15) is 57.6 Å². The van der Waals surface area contributed by atoms with Gasteiger partial charge in [0.1, 0.15) is 0 Å². The average molecular weight is 292 g/mol. The fraction of sp³-hybridized carbons (Fsp3) is 0.647. The average Bonchev–Trinajstić information content (AvgIpc) is 2.76. The van der Waals surface area contributed by atoms with Crippen LogP contribution in [0.15, 0.2) is 18.2 Å². The van der Waals surface area contributed by atoms with Crippen molar-refractivity contribution in [1.29, 1.82) is 0 Å². The summed E-state index contributed by atoms with van der Waals surface area (Å²) < 4.78 is 11.5. The summed E-state index contributed by atoms with van der Waals surface area (Å²) in [5.41, 5.74) is 4.19. The van der Waals surface area contributed by atoms with E-state index in [2.05, 4.69) is 31.4 Å². The van der Waals surface area contributed by atoms with Gasteiger partial charge in [0.15, 0.2) is 11.5 Å². The van der Waals surface area contributed by atoms with Gasteiger partial charge in [0, 0.05) is 12.5 Å². The van der Waals surface area contributed by atoms with Crippen LogP contribution in [0.25, 0.3) is 0 Å². The molecule has 0 aromatic heterocycles. The van der Waals surface area contributed by atoms with Crippen molar-refractivity contribution in [3.8, 4) is 11.5 Å². The fourth-order valence-corrected chi connectivity index (χ4v) is 2.95. The SMILES string of the molecule is CCCCC(CC)C(NN)c1ccc2c(c1)OCCCO2. The Morgan fingerprint density at radius 2 is 1.95 bits per heavy atom. The van der Waals surface area contributed by atoms with E-state index in [1.807, 2.05) is 6.07 Å². The van der Waals surface area contributed by atoms with Crippen molar-refractivity contribution >= 4 is 0 Å². The van der Waals surface area contributed by atoms with Gasteiger partial charge < -0.3 is 9.47 Å². The smallest absolute Gasteiger partial charge is 0.161 e. The van der Waals surface area contributed by atoms with Crippen LogP contribution in [-0.4, -0.2) is 13.2 Å². The van der Waals surface area contributed by atoms with Gasteiger partial charge in [-0.05, 0) is 30.0 Å². The molecule has 1 aromatic rings. The van der Waals surface area contributed by atoms with Crippen LogP contribution in [0, 0.1) is 5.92 Å². The monoisotopic (exact) mass is 292 g/mol. The van der Waals surface area contributed by atoms with E-state index in [0.717, 1.165) is 30.9 Å². The summed E-state index contributed by atoms with van der Waals surface area (Å²) in [6, 6.07) is 6.36. The van der Waals surface area contributed by atoms with Crippen LogP contribution >= 0.6 is 0 Å². The number of fused-ring (bicyclic) bond motifs is 1. The zero-order valence-corrected chi connectivity index (χ0v) is 13.2. The molecule has 0 spiro atoms. The lowest BCUT2D eigenvalue weighted by atomic mass is 9.87. The summed E-state index contributed by atoms with van der Waals surface area (Å²) in [4.78, 5) is 0. The largest absolute Gasteiger partial charge is 0.490 e. The van der Waals surface area contributed by atoms with Crippen LogP contribution in [0.4, 0.5) is 0 Å². The molecule has 3 N–H and O–H groups in total. The van der Waals surface area contributed by atoms with Gasteiger partial charge in [-0.25, -0.2) is 0 Å². The number of rotatable bonds is 7. The summed E-state index contributed by atoms with van der Waals surface area (Å²) >= 11 is 0. The Balaban J connectivity index is 2.19. The number of hydrazine groups is 1. The predicted octanol–water partition coefficient (Wildman–Crippen LogP) is 3.57. The summed E-state index contributed by atoms with van der Waals surface area (Å²) in [5, 5.41) is 0. The third-order valence-corrected chi connectivity index (χ3v) is 4.23. The van der Waals surface area contributed by atoms with Crippen molar-refractivity contribution in [1.82, 2.24) is 5.43 Å². The Labute approximate surface area is 128 Å². The minimum Gasteiger partial charge on any atom is -0.490 e. The highest BCUT2D eigenvalue weighted by Crippen LogP contribution is 2.35. The molecule has 4 heteroatoms. The van der Waals surface area contributed by atoms with Crippen molar-refractivity contribution in [2.75, 3.05) is 13.2 Å². The normalized spacial score (nSPS) is 17.1. The Hall–Kier alpha value is -1.26. The zero-order valence-electron chi connectivity index (χ0n) is 13.2. The van der Waals surface area contributed by atoms with Crippen LogP contribution in [0.2, 0.25) is 0 Å². The van der Waals surface area contributed by atoms with Crippen molar-refractivity contribution in [2.24, 2.45) is 11.8 Å². The summed E-state index contributed by atoms with van der Waals surface area (Å²) in [5.74, 6) is 8.06. The second-order valence-corrected chi connectivity index (χ2v) is 5.71. The standard InChI is InChI=1S/C17H28N2O2/c1-3-5-7-13(4-2)17(19-18)14-8-9-15-16(12-14)21-11-6-10-20-15/h8-9,12-13,17,19H,3-7,10-11,18H2,1-2H3. The lowest BCUT2D eigenvalue weighted by Crippen LogP contribution is -2.33. The molecule has 4 nitrogen and oxygen atoms in total. The van der Waals surface area contributed by atoms with Crippen molar-refractivity contribution in [3.63, 3.8) is 0 Å². The van der Waals surface area contributed by atoms with E-state index in [1.165, 1.54) is 24.8 Å². The molecule has 2 rings (SSSR count). The molecule has 0 fully saturated rings. The van der Waals surface area contributed by atoms with E-state index in [9.17, 15) is 0 Å². The van der Waals surface area contributed by atoms with Gasteiger partial charge in [-0.1, -0.05) is 39.2 Å². The molecule has 1 aromatic carbocycles. The van der Waals surface area contributed by atoms with Gasteiger partial charge in [0.05, 0.1) is 13.2 Å². The van der Waals surface area contributed by atoms with Gasteiger partial charge in [-0.15, -0.1) is 0 Å². The van der Waals surface area contributed by atoms with Crippen molar-refractivity contribution < 1.29 is 9.47 Å². The van der Waals surface area contributed by atoms with E-state index in [0.29, 0.717) is 12.5 Å². The molecule has 1 heterocycles. The summed E-state index contributed by atoms with van der Waals surface area (Å²) in [7, 11) is 0. The quantitative estimate of drug-likeness (QED) is 0.596. The molecule has 0 amide bonds. The molecule has 2 atom stereocenters. The molecule has 0 saturated carbocycles. The van der Waals surface area contributed by atoms with Crippen LogP contribution in [-0.2, 0) is 0 Å². The van der Waals surface area contributed by atoms with Crippen LogP contribution < -0.4 is 20.7 Å². The van der Waals surface area contributed by atoms with Gasteiger partial charge in [0.2, 0.25) is 0 Å². The molecular formula is C17H28N2O2. The number of unbranched alkanes of at least 4 members (excludes halogenated alkanes) is 1. The number of benzene rings is 1. The second-order valence-electron chi connectivity index (χ2n) is 5.71. The first-order valence-electron chi connectivity index (χ1n) is 8.15. The fourth-order valence-electron chi connectivity index (χ4n) is 2.95. The minimum atomic E-state index is 0.165. The minimum absolute atomic E-state index is 0.165. The van der Waals surface area contributed by atoms with Crippen LogP contribution in [0.3, 0.4) is 0 Å². The molecule has 1 aliphatic heterocycles. The molecular weight excluding hydrogens is 264 g/mol. The highest BCUT2D eigenvalue weighted by atomic mass is 16.5. The van der Waals surface area contributed by atoms with E-state index >= 15 is 0 Å². The molecule has 118 valence electrons. The number of nitrogens with two attached hydrogens (primary N) is 1. The molecule has 0 aliphatic carbocycles. The number of nitrogens with one attached hydrogen (secondary N) is 1. The zero-order chi connectivity index (χ0) is 15.1. The lowest BCUT2D eigenvalue weighted by Gasteiger charge is -2.26. The Morgan fingerprint density at radius 3 is 2.62 bits per heavy atom. The lowest BCUT2D eigenvalue weighted by molar-refractivity contribution is 0.296. The number of hydrogen-bond donors (Lipinski definition) is 2. The van der Waals surface area contributed by atoms with E-state index in [1.54, 1.807) is 0 Å². The highest BCUT2D eigenvalue weighted by Gasteiger charge is 2.22. The highest BCUT2D eigenvalue weighted by molar-refractivity contribution is 5.44. The van der Waals surface area contributed by atoms with E-state index in [4.69, 9.17) is 15.3 Å².